The number of phenols is 2. The second-order valence-electron chi connectivity index (χ2n) is 4.50. The van der Waals surface area contributed by atoms with Gasteiger partial charge in [-0.15, -0.1) is 0 Å². The van der Waals surface area contributed by atoms with Gasteiger partial charge in [0.1, 0.15) is 0 Å². The average Bonchev–Trinajstić information content (AvgIpc) is 2.90. The number of phenolic OH excluding ortho intramolecular Hbond substituents is 2. The smallest absolute Gasteiger partial charge is 0.416 e. The van der Waals surface area contributed by atoms with Crippen LogP contribution in [0.1, 0.15) is 24.0 Å². The monoisotopic (exact) mass is 247 g/mol. The minimum Gasteiger partial charge on any atom is -0.504 e. The summed E-state index contributed by atoms with van der Waals surface area (Å²) in [6, 6.07) is 1.59. The second kappa shape index (κ2) is 3.53. The number of benzene rings is 1. The van der Waals surface area contributed by atoms with Crippen LogP contribution in [0.25, 0.3) is 0 Å². The fourth-order valence-corrected chi connectivity index (χ4v) is 1.76. The summed E-state index contributed by atoms with van der Waals surface area (Å²) in [5.74, 6) is -1.28. The van der Waals surface area contributed by atoms with E-state index in [-0.39, 0.29) is 12.0 Å². The van der Waals surface area contributed by atoms with Gasteiger partial charge in [0.15, 0.2) is 11.5 Å². The lowest BCUT2D eigenvalue weighted by Crippen LogP contribution is -2.26. The maximum absolute atomic E-state index is 12.7. The van der Waals surface area contributed by atoms with Gasteiger partial charge >= 0.3 is 6.18 Å². The first kappa shape index (κ1) is 12.0. The predicted molar refractivity (Wildman–Crippen MR) is 54.6 cm³/mol. The Balaban J connectivity index is 2.48. The van der Waals surface area contributed by atoms with E-state index in [2.05, 4.69) is 0 Å². The molecule has 0 saturated heterocycles. The first-order valence-corrected chi connectivity index (χ1v) is 5.13. The summed E-state index contributed by atoms with van der Waals surface area (Å²) in [7, 11) is 0. The van der Waals surface area contributed by atoms with E-state index in [1.165, 1.54) is 0 Å². The molecule has 1 saturated carbocycles. The third-order valence-corrected chi connectivity index (χ3v) is 2.99. The molecule has 0 heterocycles. The normalized spacial score (nSPS) is 18.1. The highest BCUT2D eigenvalue weighted by molar-refractivity contribution is 5.51. The first-order chi connectivity index (χ1) is 7.73. The number of alkyl halides is 3. The molecule has 1 aromatic carbocycles. The molecule has 0 unspecified atom stereocenters. The van der Waals surface area contributed by atoms with Crippen molar-refractivity contribution in [2.24, 2.45) is 5.73 Å². The molecule has 0 amide bonds. The minimum absolute atomic E-state index is 0.0813. The largest absolute Gasteiger partial charge is 0.504 e. The van der Waals surface area contributed by atoms with E-state index in [0.29, 0.717) is 12.8 Å². The van der Waals surface area contributed by atoms with Gasteiger partial charge in [-0.3, -0.25) is 0 Å². The Morgan fingerprint density at radius 1 is 1.24 bits per heavy atom. The topological polar surface area (TPSA) is 66.5 Å². The molecule has 6 heteroatoms. The van der Waals surface area contributed by atoms with Crippen molar-refractivity contribution < 1.29 is 23.4 Å². The molecule has 0 atom stereocenters. The van der Waals surface area contributed by atoms with E-state index < -0.39 is 28.8 Å². The van der Waals surface area contributed by atoms with Crippen LogP contribution in [0.15, 0.2) is 12.1 Å². The Labute approximate surface area is 95.7 Å². The van der Waals surface area contributed by atoms with E-state index in [4.69, 9.17) is 5.73 Å². The third-order valence-electron chi connectivity index (χ3n) is 2.99. The van der Waals surface area contributed by atoms with Gasteiger partial charge in [0.05, 0.1) is 5.56 Å². The molecular formula is C11H12F3NO2. The van der Waals surface area contributed by atoms with E-state index in [9.17, 15) is 23.4 Å². The van der Waals surface area contributed by atoms with Gasteiger partial charge in [0, 0.05) is 11.1 Å². The van der Waals surface area contributed by atoms with Gasteiger partial charge in [-0.2, -0.15) is 13.2 Å². The lowest BCUT2D eigenvalue weighted by atomic mass is 9.97. The van der Waals surface area contributed by atoms with Gasteiger partial charge in [-0.25, -0.2) is 0 Å². The maximum Gasteiger partial charge on any atom is 0.416 e. The zero-order chi connectivity index (χ0) is 12.8. The molecule has 0 aliphatic heterocycles. The molecule has 3 nitrogen and oxygen atoms in total. The van der Waals surface area contributed by atoms with Crippen LogP contribution in [0.2, 0.25) is 0 Å². The highest BCUT2D eigenvalue weighted by Crippen LogP contribution is 2.45. The van der Waals surface area contributed by atoms with Crippen LogP contribution in [-0.2, 0) is 12.6 Å². The Hall–Kier alpha value is -1.43. The number of hydrogen-bond acceptors (Lipinski definition) is 3. The molecule has 2 rings (SSSR count). The van der Waals surface area contributed by atoms with Gasteiger partial charge in [-0.05, 0) is 31.4 Å². The Morgan fingerprint density at radius 2 is 1.82 bits per heavy atom. The summed E-state index contributed by atoms with van der Waals surface area (Å²) >= 11 is 0. The van der Waals surface area contributed by atoms with Crippen LogP contribution >= 0.6 is 0 Å². The highest BCUT2D eigenvalue weighted by Gasteiger charge is 2.43. The van der Waals surface area contributed by atoms with Crippen molar-refractivity contribution in [3.63, 3.8) is 0 Å². The third kappa shape index (κ3) is 2.31. The van der Waals surface area contributed by atoms with E-state index in [0.717, 1.165) is 12.1 Å². The minimum atomic E-state index is -4.56. The number of hydrogen-bond donors (Lipinski definition) is 3. The van der Waals surface area contributed by atoms with Gasteiger partial charge < -0.3 is 15.9 Å². The SMILES string of the molecule is NC1(Cc2c(C(F)(F)F)ccc(O)c2O)CC1. The fourth-order valence-electron chi connectivity index (χ4n) is 1.76. The zero-order valence-corrected chi connectivity index (χ0v) is 8.88. The van der Waals surface area contributed by atoms with Crippen molar-refractivity contribution in [2.45, 2.75) is 31.0 Å². The molecule has 4 N–H and O–H groups in total. The Bertz CT molecular complexity index is 453. The number of rotatable bonds is 2. The Kier molecular flexibility index (Phi) is 2.50. The summed E-state index contributed by atoms with van der Waals surface area (Å²) in [4.78, 5) is 0. The van der Waals surface area contributed by atoms with Gasteiger partial charge in [0.25, 0.3) is 0 Å². The van der Waals surface area contributed by atoms with Crippen molar-refractivity contribution in [2.75, 3.05) is 0 Å². The van der Waals surface area contributed by atoms with Crippen molar-refractivity contribution in [3.8, 4) is 11.5 Å². The maximum atomic E-state index is 12.7. The zero-order valence-electron chi connectivity index (χ0n) is 8.88. The molecule has 1 aliphatic carbocycles. The summed E-state index contributed by atoms with van der Waals surface area (Å²) in [5.41, 5.74) is 3.81. The average molecular weight is 247 g/mol. The molecule has 1 aromatic rings. The molecule has 0 radical (unpaired) electrons. The molecule has 17 heavy (non-hydrogen) atoms. The number of aromatic hydroxyl groups is 2. The number of halogens is 3. The van der Waals surface area contributed by atoms with Crippen LogP contribution in [0, 0.1) is 0 Å². The molecular weight excluding hydrogens is 235 g/mol. The van der Waals surface area contributed by atoms with Gasteiger partial charge in [-0.1, -0.05) is 0 Å². The molecule has 1 aliphatic rings. The van der Waals surface area contributed by atoms with Crippen LogP contribution in [0.5, 0.6) is 11.5 Å². The van der Waals surface area contributed by atoms with E-state index in [1.807, 2.05) is 0 Å². The van der Waals surface area contributed by atoms with E-state index >= 15 is 0 Å². The van der Waals surface area contributed by atoms with Crippen LogP contribution in [0.4, 0.5) is 13.2 Å². The predicted octanol–water partition coefficient (Wildman–Crippen LogP) is 2.15. The lowest BCUT2D eigenvalue weighted by molar-refractivity contribution is -0.138. The molecule has 0 spiro atoms. The van der Waals surface area contributed by atoms with Gasteiger partial charge in [0.2, 0.25) is 0 Å². The fraction of sp³-hybridized carbons (Fsp3) is 0.455. The summed E-state index contributed by atoms with van der Waals surface area (Å²) in [6.45, 7) is 0. The van der Waals surface area contributed by atoms with Crippen molar-refractivity contribution in [1.82, 2.24) is 0 Å². The quantitative estimate of drug-likeness (QED) is 0.701. The van der Waals surface area contributed by atoms with Crippen LogP contribution in [-0.4, -0.2) is 15.8 Å². The molecule has 94 valence electrons. The molecule has 0 aromatic heterocycles. The highest BCUT2D eigenvalue weighted by atomic mass is 19.4. The molecule has 0 bridgehead atoms. The second-order valence-corrected chi connectivity index (χ2v) is 4.50. The number of nitrogens with two attached hydrogens (primary N) is 1. The lowest BCUT2D eigenvalue weighted by Gasteiger charge is -2.17. The van der Waals surface area contributed by atoms with Crippen molar-refractivity contribution in [3.05, 3.63) is 23.3 Å². The summed E-state index contributed by atoms with van der Waals surface area (Å²) in [5, 5.41) is 18.8. The standard InChI is InChI=1S/C11H12F3NO2/c12-11(13,14)7-1-2-8(16)9(17)6(7)5-10(15)3-4-10/h1-2,16-17H,3-5,15H2. The van der Waals surface area contributed by atoms with Crippen LogP contribution in [0.3, 0.4) is 0 Å². The Morgan fingerprint density at radius 3 is 2.29 bits per heavy atom. The van der Waals surface area contributed by atoms with E-state index in [1.54, 1.807) is 0 Å². The summed E-state index contributed by atoms with van der Waals surface area (Å²) < 4.78 is 38.2. The van der Waals surface area contributed by atoms with Crippen LogP contribution < -0.4 is 5.73 Å². The van der Waals surface area contributed by atoms with Crippen molar-refractivity contribution >= 4 is 0 Å². The summed E-state index contributed by atoms with van der Waals surface area (Å²) in [6.07, 6.45) is -3.40. The first-order valence-electron chi connectivity index (χ1n) is 5.13. The molecule has 1 fully saturated rings. The van der Waals surface area contributed by atoms with Crippen molar-refractivity contribution in [1.29, 1.82) is 0 Å².